The molecule has 0 aliphatic carbocycles. The highest BCUT2D eigenvalue weighted by Gasteiger charge is 2.23. The molecular formula is C27H28ClN3O3. The third-order valence-electron chi connectivity index (χ3n) is 5.72. The summed E-state index contributed by atoms with van der Waals surface area (Å²) in [6.45, 7) is 5.30. The van der Waals surface area contributed by atoms with Gasteiger partial charge < -0.3 is 19.9 Å². The number of amides is 2. The lowest BCUT2D eigenvalue weighted by molar-refractivity contribution is 0.0746. The third kappa shape index (κ3) is 5.69. The number of halogens is 1. The van der Waals surface area contributed by atoms with E-state index in [4.69, 9.17) is 16.3 Å². The molecule has 0 bridgehead atoms. The van der Waals surface area contributed by atoms with Crippen LogP contribution in [0.15, 0.2) is 72.8 Å². The van der Waals surface area contributed by atoms with Crippen molar-refractivity contribution in [1.29, 1.82) is 0 Å². The van der Waals surface area contributed by atoms with Crippen LogP contribution < -0.4 is 15.0 Å². The molecule has 1 N–H and O–H groups in total. The predicted molar refractivity (Wildman–Crippen MR) is 136 cm³/mol. The zero-order valence-corrected chi connectivity index (χ0v) is 19.9. The highest BCUT2D eigenvalue weighted by molar-refractivity contribution is 6.33. The number of benzene rings is 3. The number of nitrogens with one attached hydrogen (secondary N) is 1. The van der Waals surface area contributed by atoms with Gasteiger partial charge in [0.1, 0.15) is 5.75 Å². The fourth-order valence-corrected chi connectivity index (χ4v) is 4.18. The van der Waals surface area contributed by atoms with Crippen LogP contribution in [0.4, 0.5) is 11.4 Å². The van der Waals surface area contributed by atoms with Gasteiger partial charge in [0, 0.05) is 43.0 Å². The minimum atomic E-state index is -0.179. The first-order valence-electron chi connectivity index (χ1n) is 11.5. The zero-order chi connectivity index (χ0) is 23.9. The van der Waals surface area contributed by atoms with Crippen molar-refractivity contribution in [2.45, 2.75) is 13.3 Å². The zero-order valence-electron chi connectivity index (χ0n) is 19.2. The fourth-order valence-electron chi connectivity index (χ4n) is 3.88. The molecule has 0 aromatic heterocycles. The quantitative estimate of drug-likeness (QED) is 0.498. The molecule has 3 aromatic rings. The Bertz CT molecular complexity index is 1130. The fraction of sp³-hybridized carbons (Fsp3) is 0.259. The molecule has 0 spiro atoms. The van der Waals surface area contributed by atoms with Crippen molar-refractivity contribution in [2.24, 2.45) is 0 Å². The van der Waals surface area contributed by atoms with Gasteiger partial charge in [-0.05, 0) is 61.0 Å². The number of carbonyl (C=O) groups excluding carboxylic acids is 2. The second-order valence-electron chi connectivity index (χ2n) is 8.14. The number of nitrogens with zero attached hydrogens (tertiary/aromatic N) is 2. The molecule has 3 aromatic carbocycles. The molecule has 1 aliphatic heterocycles. The molecule has 0 unspecified atom stereocenters. The smallest absolute Gasteiger partial charge is 0.255 e. The number of ether oxygens (including phenoxy) is 1. The first kappa shape index (κ1) is 23.6. The molecule has 2 amide bonds. The summed E-state index contributed by atoms with van der Waals surface area (Å²) in [5.41, 5.74) is 2.78. The van der Waals surface area contributed by atoms with Gasteiger partial charge in [0.25, 0.3) is 11.8 Å². The molecule has 7 heteroatoms. The van der Waals surface area contributed by atoms with Gasteiger partial charge in [0.15, 0.2) is 0 Å². The van der Waals surface area contributed by atoms with Crippen molar-refractivity contribution >= 4 is 34.8 Å². The minimum Gasteiger partial charge on any atom is -0.494 e. The second-order valence-corrected chi connectivity index (χ2v) is 8.55. The molecule has 176 valence electrons. The summed E-state index contributed by atoms with van der Waals surface area (Å²) in [6, 6.07) is 21.9. The maximum Gasteiger partial charge on any atom is 0.255 e. The van der Waals surface area contributed by atoms with Crippen LogP contribution in [0.25, 0.3) is 0 Å². The normalized spacial score (nSPS) is 13.5. The Morgan fingerprint density at radius 3 is 2.26 bits per heavy atom. The van der Waals surface area contributed by atoms with Crippen molar-refractivity contribution < 1.29 is 14.3 Å². The van der Waals surface area contributed by atoms with E-state index in [2.05, 4.69) is 17.1 Å². The molecule has 0 saturated carbocycles. The Labute approximate surface area is 205 Å². The number of anilines is 2. The van der Waals surface area contributed by atoms with E-state index in [-0.39, 0.29) is 11.8 Å². The first-order chi connectivity index (χ1) is 16.5. The van der Waals surface area contributed by atoms with Gasteiger partial charge in [-0.3, -0.25) is 9.59 Å². The molecule has 1 heterocycles. The molecule has 34 heavy (non-hydrogen) atoms. The van der Waals surface area contributed by atoms with Gasteiger partial charge in [-0.15, -0.1) is 0 Å². The van der Waals surface area contributed by atoms with Gasteiger partial charge in [-0.1, -0.05) is 36.7 Å². The summed E-state index contributed by atoms with van der Waals surface area (Å²) >= 11 is 6.55. The lowest BCUT2D eigenvalue weighted by atomic mass is 10.1. The van der Waals surface area contributed by atoms with Crippen LogP contribution >= 0.6 is 11.6 Å². The Balaban J connectivity index is 1.33. The summed E-state index contributed by atoms with van der Waals surface area (Å²) < 4.78 is 5.59. The maximum atomic E-state index is 12.9. The molecule has 1 fully saturated rings. The van der Waals surface area contributed by atoms with Gasteiger partial charge in [-0.25, -0.2) is 0 Å². The molecule has 6 nitrogen and oxygen atoms in total. The molecule has 4 rings (SSSR count). The van der Waals surface area contributed by atoms with E-state index in [0.29, 0.717) is 54.6 Å². The average molecular weight is 478 g/mol. The number of rotatable bonds is 7. The molecule has 1 aliphatic rings. The van der Waals surface area contributed by atoms with Crippen LogP contribution in [0.2, 0.25) is 5.02 Å². The van der Waals surface area contributed by atoms with Crippen molar-refractivity contribution in [3.8, 4) is 5.75 Å². The molecule has 0 atom stereocenters. The summed E-state index contributed by atoms with van der Waals surface area (Å²) in [7, 11) is 0. The van der Waals surface area contributed by atoms with Crippen LogP contribution in [-0.2, 0) is 0 Å². The SMILES string of the molecule is CCCOc1ccc(C(=O)N2CCN(c3ccc(NC(=O)c4ccccc4)cc3Cl)CC2)cc1. The topological polar surface area (TPSA) is 61.9 Å². The highest BCUT2D eigenvalue weighted by Crippen LogP contribution is 2.30. The maximum absolute atomic E-state index is 12.9. The average Bonchev–Trinajstić information content (AvgIpc) is 2.88. The van der Waals surface area contributed by atoms with Crippen molar-refractivity contribution in [3.63, 3.8) is 0 Å². The standard InChI is InChI=1S/C27H28ClN3O3/c1-2-18-34-23-11-8-21(9-12-23)27(33)31-16-14-30(15-17-31)25-13-10-22(19-24(25)28)29-26(32)20-6-4-3-5-7-20/h3-13,19H,2,14-18H2,1H3,(H,29,32). The van der Waals surface area contributed by atoms with E-state index in [1.54, 1.807) is 18.2 Å². The number of hydrogen-bond acceptors (Lipinski definition) is 4. The predicted octanol–water partition coefficient (Wildman–Crippen LogP) is 5.34. The van der Waals surface area contributed by atoms with Gasteiger partial charge in [0.05, 0.1) is 17.3 Å². The minimum absolute atomic E-state index is 0.0201. The summed E-state index contributed by atoms with van der Waals surface area (Å²) in [6.07, 6.45) is 0.944. The van der Waals surface area contributed by atoms with E-state index in [1.807, 2.05) is 59.5 Å². The lowest BCUT2D eigenvalue weighted by Gasteiger charge is -2.36. The molecule has 0 radical (unpaired) electrons. The first-order valence-corrected chi connectivity index (χ1v) is 11.9. The van der Waals surface area contributed by atoms with E-state index < -0.39 is 0 Å². The molecular weight excluding hydrogens is 450 g/mol. The Morgan fingerprint density at radius 2 is 1.62 bits per heavy atom. The molecule has 1 saturated heterocycles. The van der Waals surface area contributed by atoms with Crippen molar-refractivity contribution in [2.75, 3.05) is 43.0 Å². The van der Waals surface area contributed by atoms with Crippen molar-refractivity contribution in [3.05, 3.63) is 88.9 Å². The van der Waals surface area contributed by atoms with Crippen LogP contribution in [0.1, 0.15) is 34.1 Å². The van der Waals surface area contributed by atoms with Gasteiger partial charge in [0.2, 0.25) is 0 Å². The monoisotopic (exact) mass is 477 g/mol. The van der Waals surface area contributed by atoms with Gasteiger partial charge >= 0.3 is 0 Å². The van der Waals surface area contributed by atoms with Crippen LogP contribution in [-0.4, -0.2) is 49.5 Å². The van der Waals surface area contributed by atoms with Crippen molar-refractivity contribution in [1.82, 2.24) is 4.90 Å². The number of carbonyl (C=O) groups is 2. The third-order valence-corrected chi connectivity index (χ3v) is 6.03. The largest absolute Gasteiger partial charge is 0.494 e. The highest BCUT2D eigenvalue weighted by atomic mass is 35.5. The second kappa shape index (κ2) is 11.1. The van der Waals surface area contributed by atoms with E-state index in [1.165, 1.54) is 0 Å². The number of piperazine rings is 1. The van der Waals surface area contributed by atoms with Gasteiger partial charge in [-0.2, -0.15) is 0 Å². The Kier molecular flexibility index (Phi) is 7.70. The van der Waals surface area contributed by atoms with E-state index in [0.717, 1.165) is 17.9 Å². The Morgan fingerprint density at radius 1 is 0.912 bits per heavy atom. The summed E-state index contributed by atoms with van der Waals surface area (Å²) in [5.74, 6) is 0.620. The lowest BCUT2D eigenvalue weighted by Crippen LogP contribution is -2.48. The van der Waals surface area contributed by atoms with E-state index in [9.17, 15) is 9.59 Å². The summed E-state index contributed by atoms with van der Waals surface area (Å²) in [4.78, 5) is 29.3. The van der Waals surface area contributed by atoms with E-state index >= 15 is 0 Å². The summed E-state index contributed by atoms with van der Waals surface area (Å²) in [5, 5.41) is 3.44. The number of hydrogen-bond donors (Lipinski definition) is 1. The van der Waals surface area contributed by atoms with Crippen LogP contribution in [0.5, 0.6) is 5.75 Å². The van der Waals surface area contributed by atoms with Crippen LogP contribution in [0, 0.1) is 0 Å². The van der Waals surface area contributed by atoms with Crippen LogP contribution in [0.3, 0.4) is 0 Å². The Hall–Kier alpha value is -3.51.